The molecule has 3 atom stereocenters. The van der Waals surface area contributed by atoms with Crippen LogP contribution in [0.3, 0.4) is 0 Å². The van der Waals surface area contributed by atoms with Crippen LogP contribution in [-0.4, -0.2) is 34.1 Å². The fourth-order valence-corrected chi connectivity index (χ4v) is 1.89. The molecule has 0 radical (unpaired) electrons. The SMILES string of the molecule is [CH2-]C(CO)C(O)C(O)C[CH-]Cc1ccc(CC)cc1.[U+2]. The predicted molar refractivity (Wildman–Crippen MR) is 76.4 cm³/mol. The minimum absolute atomic E-state index is 0. The van der Waals surface area contributed by atoms with Crippen molar-refractivity contribution >= 4 is 0 Å². The van der Waals surface area contributed by atoms with Crippen LogP contribution >= 0.6 is 0 Å². The van der Waals surface area contributed by atoms with E-state index in [0.717, 1.165) is 12.8 Å². The molecule has 0 spiro atoms. The van der Waals surface area contributed by atoms with E-state index < -0.39 is 18.1 Å². The second-order valence-corrected chi connectivity index (χ2v) is 4.90. The van der Waals surface area contributed by atoms with E-state index in [1.54, 1.807) is 0 Å². The largest absolute Gasteiger partial charge is 2.00 e. The van der Waals surface area contributed by atoms with Gasteiger partial charge in [0.1, 0.15) is 0 Å². The molecule has 3 nitrogen and oxygen atoms in total. The summed E-state index contributed by atoms with van der Waals surface area (Å²) in [5, 5.41) is 28.3. The molecule has 0 aliphatic rings. The molecule has 0 aliphatic heterocycles. The topological polar surface area (TPSA) is 60.7 Å². The van der Waals surface area contributed by atoms with Crippen molar-refractivity contribution in [3.8, 4) is 0 Å². The van der Waals surface area contributed by atoms with E-state index in [0.29, 0.717) is 6.42 Å². The molecular formula is C16H24O3U. The normalized spacial score (nSPS) is 15.2. The third-order valence-electron chi connectivity index (χ3n) is 3.33. The summed E-state index contributed by atoms with van der Waals surface area (Å²) in [7, 11) is 0. The van der Waals surface area contributed by atoms with Crippen LogP contribution < -0.4 is 0 Å². The second-order valence-electron chi connectivity index (χ2n) is 4.90. The maximum absolute atomic E-state index is 9.75. The zero-order valence-electron chi connectivity index (χ0n) is 12.0. The van der Waals surface area contributed by atoms with E-state index in [1.807, 2.05) is 6.42 Å². The Bertz CT molecular complexity index is 353. The van der Waals surface area contributed by atoms with Gasteiger partial charge in [0.05, 0.1) is 12.2 Å². The Kier molecular flexibility index (Phi) is 10.9. The first-order chi connectivity index (χ1) is 9.08. The van der Waals surface area contributed by atoms with Gasteiger partial charge in [0.15, 0.2) is 0 Å². The Hall–Kier alpha value is 0.152. The van der Waals surface area contributed by atoms with Crippen LogP contribution in [0.1, 0.15) is 24.5 Å². The summed E-state index contributed by atoms with van der Waals surface area (Å²) >= 11 is 0. The second kappa shape index (κ2) is 10.8. The van der Waals surface area contributed by atoms with Gasteiger partial charge in [-0.15, -0.1) is 5.92 Å². The van der Waals surface area contributed by atoms with Gasteiger partial charge in [0, 0.05) is 6.61 Å². The fourth-order valence-electron chi connectivity index (χ4n) is 1.89. The monoisotopic (exact) mass is 502 g/mol. The van der Waals surface area contributed by atoms with Crippen LogP contribution in [-0.2, 0) is 12.8 Å². The van der Waals surface area contributed by atoms with Crippen LogP contribution in [0, 0.1) is 50.4 Å². The van der Waals surface area contributed by atoms with Gasteiger partial charge in [-0.1, -0.05) is 36.8 Å². The molecule has 0 fully saturated rings. The molecule has 1 aromatic carbocycles. The summed E-state index contributed by atoms with van der Waals surface area (Å²) in [6, 6.07) is 8.37. The van der Waals surface area contributed by atoms with Crippen molar-refractivity contribution in [3.63, 3.8) is 0 Å². The first-order valence-corrected chi connectivity index (χ1v) is 6.78. The first-order valence-electron chi connectivity index (χ1n) is 6.78. The van der Waals surface area contributed by atoms with E-state index >= 15 is 0 Å². The molecule has 0 aliphatic carbocycles. The Morgan fingerprint density at radius 1 is 1.15 bits per heavy atom. The summed E-state index contributed by atoms with van der Waals surface area (Å²) in [5.74, 6) is -0.549. The number of benzene rings is 1. The van der Waals surface area contributed by atoms with Crippen molar-refractivity contribution in [3.05, 3.63) is 48.7 Å². The average Bonchev–Trinajstić information content (AvgIpc) is 2.46. The van der Waals surface area contributed by atoms with Crippen molar-refractivity contribution in [2.75, 3.05) is 6.61 Å². The maximum atomic E-state index is 9.75. The van der Waals surface area contributed by atoms with E-state index in [1.165, 1.54) is 11.1 Å². The third kappa shape index (κ3) is 6.74. The van der Waals surface area contributed by atoms with Crippen LogP contribution in [0.15, 0.2) is 24.3 Å². The van der Waals surface area contributed by atoms with E-state index in [4.69, 9.17) is 5.11 Å². The van der Waals surface area contributed by atoms with E-state index in [-0.39, 0.29) is 37.7 Å². The summed E-state index contributed by atoms with van der Waals surface area (Å²) in [6.07, 6.45) is 2.27. The summed E-state index contributed by atoms with van der Waals surface area (Å²) in [5.41, 5.74) is 2.49. The van der Waals surface area contributed by atoms with Gasteiger partial charge < -0.3 is 28.7 Å². The summed E-state index contributed by atoms with van der Waals surface area (Å²) in [6.45, 7) is 5.48. The van der Waals surface area contributed by atoms with Crippen molar-refractivity contribution in [2.45, 2.75) is 38.4 Å². The molecule has 110 valence electrons. The molecule has 1 aromatic rings. The number of hydrogen-bond acceptors (Lipinski definition) is 3. The average molecular weight is 502 g/mol. The molecule has 0 saturated heterocycles. The van der Waals surface area contributed by atoms with Crippen LogP contribution in [0.25, 0.3) is 0 Å². The van der Waals surface area contributed by atoms with Crippen LogP contribution in [0.5, 0.6) is 0 Å². The van der Waals surface area contributed by atoms with Gasteiger partial charge in [-0.05, 0) is 12.0 Å². The molecule has 0 heterocycles. The fraction of sp³-hybridized carbons (Fsp3) is 0.500. The third-order valence-corrected chi connectivity index (χ3v) is 3.33. The Morgan fingerprint density at radius 3 is 2.20 bits per heavy atom. The molecule has 0 aromatic heterocycles. The van der Waals surface area contributed by atoms with Crippen LogP contribution in [0.4, 0.5) is 0 Å². The summed E-state index contributed by atoms with van der Waals surface area (Å²) < 4.78 is 0. The van der Waals surface area contributed by atoms with Gasteiger partial charge in [-0.2, -0.15) is 12.8 Å². The van der Waals surface area contributed by atoms with Gasteiger partial charge in [0.2, 0.25) is 0 Å². The molecule has 0 amide bonds. The molecular weight excluding hydrogens is 478 g/mol. The number of aryl methyl sites for hydroxylation is 1. The van der Waals surface area contributed by atoms with Gasteiger partial charge in [-0.3, -0.25) is 0 Å². The van der Waals surface area contributed by atoms with Gasteiger partial charge in [0.25, 0.3) is 0 Å². The zero-order valence-corrected chi connectivity index (χ0v) is 16.2. The Labute approximate surface area is 145 Å². The number of hydrogen-bond donors (Lipinski definition) is 3. The molecule has 0 bridgehead atoms. The van der Waals surface area contributed by atoms with Crippen molar-refractivity contribution < 1.29 is 46.4 Å². The molecule has 3 N–H and O–H groups in total. The van der Waals surface area contributed by atoms with Crippen molar-refractivity contribution in [1.29, 1.82) is 0 Å². The summed E-state index contributed by atoms with van der Waals surface area (Å²) in [4.78, 5) is 0. The number of aliphatic hydroxyl groups excluding tert-OH is 3. The molecule has 0 saturated carbocycles. The van der Waals surface area contributed by atoms with Crippen molar-refractivity contribution in [2.24, 2.45) is 5.92 Å². The standard InChI is InChI=1S/C16H24O3.U/c1-3-13-7-9-14(10-8-13)5-4-6-15(18)16(19)12(2)11-17;/h4,7-10,12,15-19H,2-3,5-6,11H2,1H3;/q-2;+2. The predicted octanol–water partition coefficient (Wildman–Crippen LogP) is 1.55. The first kappa shape index (κ1) is 20.2. The molecule has 1 rings (SSSR count). The minimum atomic E-state index is -0.983. The smallest absolute Gasteiger partial charge is 0.399 e. The maximum Gasteiger partial charge on any atom is 2.00 e. The minimum Gasteiger partial charge on any atom is -0.399 e. The van der Waals surface area contributed by atoms with Crippen molar-refractivity contribution in [1.82, 2.24) is 0 Å². The van der Waals surface area contributed by atoms with E-state index in [2.05, 4.69) is 38.1 Å². The van der Waals surface area contributed by atoms with Gasteiger partial charge in [-0.25, -0.2) is 0 Å². The molecule has 3 unspecified atom stereocenters. The molecule has 4 heteroatoms. The van der Waals surface area contributed by atoms with Crippen LogP contribution in [0.2, 0.25) is 0 Å². The van der Waals surface area contributed by atoms with E-state index in [9.17, 15) is 10.2 Å². The zero-order chi connectivity index (χ0) is 14.3. The van der Waals surface area contributed by atoms with Gasteiger partial charge >= 0.3 is 31.1 Å². The number of rotatable bonds is 8. The Morgan fingerprint density at radius 2 is 1.70 bits per heavy atom. The quantitative estimate of drug-likeness (QED) is 0.473. The molecule has 20 heavy (non-hydrogen) atoms. The number of aliphatic hydroxyl groups is 3. The Balaban J connectivity index is 0.00000361.